The van der Waals surface area contributed by atoms with Gasteiger partial charge in [0.15, 0.2) is 0 Å². The van der Waals surface area contributed by atoms with Gasteiger partial charge in [-0.15, -0.1) is 12.4 Å². The number of aliphatic hydroxyl groups is 1. The molecule has 5 nitrogen and oxygen atoms in total. The molecule has 0 bridgehead atoms. The van der Waals surface area contributed by atoms with Gasteiger partial charge in [-0.1, -0.05) is 24.3 Å². The van der Waals surface area contributed by atoms with Crippen LogP contribution in [0.1, 0.15) is 5.82 Å². The van der Waals surface area contributed by atoms with Gasteiger partial charge in [-0.05, 0) is 17.5 Å². The Morgan fingerprint density at radius 2 is 1.83 bits per heavy atom. The molecule has 1 aromatic heterocycles. The maximum Gasteiger partial charge on any atom is 0.240 e. The summed E-state index contributed by atoms with van der Waals surface area (Å²) in [5, 5.41) is 10.3. The normalized spacial score (nSPS) is 10.5. The molecular weight excluding hydrogens is 333 g/mol. The molecule has 0 saturated carbocycles. The molecule has 0 unspecified atom stereocenters. The predicted octanol–water partition coefficient (Wildman–Crippen LogP) is 2.98. The van der Waals surface area contributed by atoms with Crippen molar-refractivity contribution in [2.75, 3.05) is 19.5 Å². The number of fused-ring (bicyclic) bond motifs is 1. The first-order chi connectivity index (χ1) is 11.2. The van der Waals surface area contributed by atoms with Gasteiger partial charge >= 0.3 is 0 Å². The number of rotatable bonds is 4. The van der Waals surface area contributed by atoms with E-state index in [1.807, 2.05) is 12.1 Å². The fraction of sp³-hybridized carbons (Fsp3) is 0.176. The molecule has 0 atom stereocenters. The van der Waals surface area contributed by atoms with Gasteiger partial charge in [0.1, 0.15) is 23.0 Å². The Morgan fingerprint density at radius 3 is 2.50 bits per heavy atom. The van der Waals surface area contributed by atoms with Gasteiger partial charge < -0.3 is 15.6 Å². The second-order valence-corrected chi connectivity index (χ2v) is 5.03. The highest BCUT2D eigenvalue weighted by Gasteiger charge is 2.17. The molecule has 0 saturated heterocycles. The number of hydrogen-bond acceptors (Lipinski definition) is 5. The first-order valence-electron chi connectivity index (χ1n) is 7.14. The third-order valence-corrected chi connectivity index (χ3v) is 3.61. The number of benzene rings is 2. The van der Waals surface area contributed by atoms with Crippen LogP contribution in [0.3, 0.4) is 0 Å². The Bertz CT molecular complexity index is 874. The smallest absolute Gasteiger partial charge is 0.240 e. The first kappa shape index (κ1) is 17.9. The van der Waals surface area contributed by atoms with E-state index >= 15 is 0 Å². The van der Waals surface area contributed by atoms with Crippen LogP contribution in [-0.4, -0.2) is 28.8 Å². The summed E-state index contributed by atoms with van der Waals surface area (Å²) in [6.07, 6.45) is 0.281. The lowest BCUT2D eigenvalue weighted by atomic mass is 10.0. The van der Waals surface area contributed by atoms with Crippen LogP contribution in [0.25, 0.3) is 22.0 Å². The van der Waals surface area contributed by atoms with Crippen molar-refractivity contribution >= 4 is 28.9 Å². The molecule has 3 aromatic rings. The maximum atomic E-state index is 14.0. The molecule has 7 heteroatoms. The number of nitrogens with zero attached hydrogens (tertiary/aromatic N) is 2. The fourth-order valence-corrected chi connectivity index (χ4v) is 2.53. The van der Waals surface area contributed by atoms with Crippen molar-refractivity contribution in [1.82, 2.24) is 9.97 Å². The quantitative estimate of drug-likeness (QED) is 0.756. The first-order valence-corrected chi connectivity index (χ1v) is 7.14. The van der Waals surface area contributed by atoms with Crippen LogP contribution in [0.5, 0.6) is 5.88 Å². The van der Waals surface area contributed by atoms with Crippen LogP contribution in [-0.2, 0) is 6.42 Å². The molecule has 0 radical (unpaired) electrons. The number of halogens is 2. The number of nitrogens with two attached hydrogens (primary N) is 1. The molecule has 1 heterocycles. The topological polar surface area (TPSA) is 81.3 Å². The number of ether oxygens (including phenoxy) is 1. The minimum Gasteiger partial charge on any atom is -0.479 e. The highest BCUT2D eigenvalue weighted by Crippen LogP contribution is 2.35. The Morgan fingerprint density at radius 1 is 1.12 bits per heavy atom. The van der Waals surface area contributed by atoms with Crippen molar-refractivity contribution in [1.29, 1.82) is 0 Å². The van der Waals surface area contributed by atoms with Gasteiger partial charge in [-0.2, -0.15) is 4.98 Å². The molecule has 0 fully saturated rings. The molecule has 126 valence electrons. The largest absolute Gasteiger partial charge is 0.479 e. The monoisotopic (exact) mass is 349 g/mol. The Hall–Kier alpha value is -2.44. The van der Waals surface area contributed by atoms with E-state index in [1.165, 1.54) is 13.2 Å². The predicted molar refractivity (Wildman–Crippen MR) is 93.9 cm³/mol. The zero-order chi connectivity index (χ0) is 16.4. The number of nitrogen functional groups attached to an aromatic ring is 1. The molecular formula is C17H17ClFN3O2. The van der Waals surface area contributed by atoms with Crippen LogP contribution < -0.4 is 10.5 Å². The molecule has 0 amide bonds. The zero-order valence-electron chi connectivity index (χ0n) is 13.0. The van der Waals surface area contributed by atoms with Crippen molar-refractivity contribution in [3.63, 3.8) is 0 Å². The molecule has 3 rings (SSSR count). The summed E-state index contributed by atoms with van der Waals surface area (Å²) in [7, 11) is 1.47. The third kappa shape index (κ3) is 3.11. The van der Waals surface area contributed by atoms with E-state index in [-0.39, 0.29) is 42.8 Å². The second-order valence-electron chi connectivity index (χ2n) is 5.03. The van der Waals surface area contributed by atoms with Gasteiger partial charge in [-0.3, -0.25) is 0 Å². The molecule has 2 aromatic carbocycles. The summed E-state index contributed by atoms with van der Waals surface area (Å²) >= 11 is 0. The van der Waals surface area contributed by atoms with Crippen LogP contribution in [0.4, 0.5) is 10.1 Å². The van der Waals surface area contributed by atoms with Crippen molar-refractivity contribution in [3.8, 4) is 17.1 Å². The molecule has 3 N–H and O–H groups in total. The summed E-state index contributed by atoms with van der Waals surface area (Å²) in [5.41, 5.74) is 7.56. The van der Waals surface area contributed by atoms with E-state index in [0.29, 0.717) is 27.9 Å². The maximum absolute atomic E-state index is 14.0. The standard InChI is InChI=1S/C17H16FN3O2.ClH/c1-23-17-15(19)16(20-14(21-17)8-9-22)12-6-7-13(18)11-5-3-2-4-10(11)12;/h2-7,22H,8-9,19H2,1H3;1H. The summed E-state index contributed by atoms with van der Waals surface area (Å²) in [6, 6.07) is 10.1. The van der Waals surface area contributed by atoms with Crippen molar-refractivity contribution in [2.45, 2.75) is 6.42 Å². The lowest BCUT2D eigenvalue weighted by molar-refractivity contribution is 0.295. The van der Waals surface area contributed by atoms with Gasteiger partial charge in [0.05, 0.1) is 13.7 Å². The molecule has 0 aliphatic carbocycles. The number of aliphatic hydroxyl groups excluding tert-OH is 1. The van der Waals surface area contributed by atoms with E-state index in [1.54, 1.807) is 18.2 Å². The van der Waals surface area contributed by atoms with Gasteiger partial charge in [0.25, 0.3) is 0 Å². The van der Waals surface area contributed by atoms with E-state index in [0.717, 1.165) is 0 Å². The SMILES string of the molecule is COc1nc(CCO)nc(-c2ccc(F)c3ccccc23)c1N.Cl. The van der Waals surface area contributed by atoms with Crippen LogP contribution in [0, 0.1) is 5.82 Å². The summed E-state index contributed by atoms with van der Waals surface area (Å²) < 4.78 is 19.2. The van der Waals surface area contributed by atoms with E-state index in [4.69, 9.17) is 15.6 Å². The molecule has 0 spiro atoms. The highest BCUT2D eigenvalue weighted by atomic mass is 35.5. The van der Waals surface area contributed by atoms with Crippen LogP contribution in [0.15, 0.2) is 36.4 Å². The summed E-state index contributed by atoms with van der Waals surface area (Å²) in [4.78, 5) is 8.59. The molecule has 0 aliphatic rings. The Kier molecular flexibility index (Phi) is 5.54. The summed E-state index contributed by atoms with van der Waals surface area (Å²) in [6.45, 7) is -0.0866. The van der Waals surface area contributed by atoms with E-state index in [2.05, 4.69) is 9.97 Å². The van der Waals surface area contributed by atoms with Gasteiger partial charge in [-0.25, -0.2) is 9.37 Å². The van der Waals surface area contributed by atoms with Gasteiger partial charge in [0.2, 0.25) is 5.88 Å². The average molecular weight is 350 g/mol. The van der Waals surface area contributed by atoms with Crippen molar-refractivity contribution in [3.05, 3.63) is 48.0 Å². The second kappa shape index (κ2) is 7.42. The average Bonchev–Trinajstić information content (AvgIpc) is 2.57. The van der Waals surface area contributed by atoms with Crippen LogP contribution >= 0.6 is 12.4 Å². The Labute approximate surface area is 144 Å². The van der Waals surface area contributed by atoms with Crippen LogP contribution in [0.2, 0.25) is 0 Å². The van der Waals surface area contributed by atoms with Crippen molar-refractivity contribution < 1.29 is 14.2 Å². The highest BCUT2D eigenvalue weighted by molar-refractivity contribution is 5.98. The lowest BCUT2D eigenvalue weighted by Crippen LogP contribution is -2.07. The molecule has 0 aliphatic heterocycles. The zero-order valence-corrected chi connectivity index (χ0v) is 13.8. The van der Waals surface area contributed by atoms with Crippen molar-refractivity contribution in [2.24, 2.45) is 0 Å². The van der Waals surface area contributed by atoms with Gasteiger partial charge in [0, 0.05) is 17.4 Å². The lowest BCUT2D eigenvalue weighted by Gasteiger charge is -2.13. The third-order valence-electron chi connectivity index (χ3n) is 3.61. The number of hydrogen-bond donors (Lipinski definition) is 2. The molecule has 24 heavy (non-hydrogen) atoms. The number of aromatic nitrogens is 2. The number of anilines is 1. The number of methoxy groups -OCH3 is 1. The van der Waals surface area contributed by atoms with E-state index in [9.17, 15) is 4.39 Å². The fourth-order valence-electron chi connectivity index (χ4n) is 2.53. The minimum atomic E-state index is -0.306. The van der Waals surface area contributed by atoms with E-state index < -0.39 is 0 Å². The Balaban J connectivity index is 0.00000208. The summed E-state index contributed by atoms with van der Waals surface area (Å²) in [5.74, 6) is 0.355. The minimum absolute atomic E-state index is 0.